The fourth-order valence-corrected chi connectivity index (χ4v) is 1.91. The highest BCUT2D eigenvalue weighted by molar-refractivity contribution is 5.32. The molecule has 2 N–H and O–H groups in total. The van der Waals surface area contributed by atoms with Crippen molar-refractivity contribution in [1.82, 2.24) is 9.13 Å². The summed E-state index contributed by atoms with van der Waals surface area (Å²) in [4.78, 5) is 11.6. The van der Waals surface area contributed by atoms with Gasteiger partial charge in [-0.2, -0.15) is 0 Å². The Labute approximate surface area is 112 Å². The maximum absolute atomic E-state index is 11.6. The number of hydrogen-bond donors (Lipinski definition) is 1. The van der Waals surface area contributed by atoms with Crippen LogP contribution in [0.15, 0.2) is 41.5 Å². The first kappa shape index (κ1) is 13.4. The summed E-state index contributed by atoms with van der Waals surface area (Å²) in [7, 11) is 1.74. The van der Waals surface area contributed by atoms with E-state index in [-0.39, 0.29) is 5.69 Å². The SMILES string of the molecule is Cn1ccn(CCCOc2ccccc2CN)c1=O. The monoisotopic (exact) mass is 261 g/mol. The minimum atomic E-state index is 0.00218. The Morgan fingerprint density at radius 1 is 1.26 bits per heavy atom. The second-order valence-corrected chi connectivity index (χ2v) is 4.40. The lowest BCUT2D eigenvalue weighted by molar-refractivity contribution is 0.298. The molecule has 19 heavy (non-hydrogen) atoms. The molecule has 0 bridgehead atoms. The lowest BCUT2D eigenvalue weighted by Gasteiger charge is -2.10. The molecule has 0 radical (unpaired) electrons. The molecule has 0 spiro atoms. The van der Waals surface area contributed by atoms with Crippen molar-refractivity contribution in [3.8, 4) is 5.75 Å². The van der Waals surface area contributed by atoms with Gasteiger partial charge >= 0.3 is 5.69 Å². The number of rotatable bonds is 6. The van der Waals surface area contributed by atoms with Crippen molar-refractivity contribution in [1.29, 1.82) is 0 Å². The van der Waals surface area contributed by atoms with E-state index in [2.05, 4.69) is 0 Å². The van der Waals surface area contributed by atoms with Gasteiger partial charge in [0.25, 0.3) is 0 Å². The summed E-state index contributed by atoms with van der Waals surface area (Å²) in [6, 6.07) is 7.74. The van der Waals surface area contributed by atoms with Gasteiger partial charge in [0.1, 0.15) is 5.75 Å². The third-order valence-electron chi connectivity index (χ3n) is 3.01. The normalized spacial score (nSPS) is 10.6. The zero-order valence-electron chi connectivity index (χ0n) is 11.1. The van der Waals surface area contributed by atoms with Crippen molar-refractivity contribution in [2.75, 3.05) is 6.61 Å². The summed E-state index contributed by atoms with van der Waals surface area (Å²) < 4.78 is 8.93. The van der Waals surface area contributed by atoms with E-state index in [1.165, 1.54) is 0 Å². The highest BCUT2D eigenvalue weighted by atomic mass is 16.5. The molecule has 0 aliphatic heterocycles. The van der Waals surface area contributed by atoms with Gasteiger partial charge in [0.2, 0.25) is 0 Å². The Morgan fingerprint density at radius 3 is 2.74 bits per heavy atom. The summed E-state index contributed by atoms with van der Waals surface area (Å²) in [5.41, 5.74) is 6.64. The molecule has 102 valence electrons. The van der Waals surface area contributed by atoms with E-state index < -0.39 is 0 Å². The first-order chi connectivity index (χ1) is 9.22. The van der Waals surface area contributed by atoms with Crippen LogP contribution in [0.5, 0.6) is 5.75 Å². The summed E-state index contributed by atoms with van der Waals surface area (Å²) in [5, 5.41) is 0. The summed E-state index contributed by atoms with van der Waals surface area (Å²) in [6.45, 7) is 1.69. The van der Waals surface area contributed by atoms with Gasteiger partial charge in [-0.1, -0.05) is 18.2 Å². The molecule has 0 amide bonds. The molecule has 5 heteroatoms. The summed E-state index contributed by atoms with van der Waals surface area (Å²) >= 11 is 0. The van der Waals surface area contributed by atoms with E-state index >= 15 is 0 Å². The molecule has 2 rings (SSSR count). The van der Waals surface area contributed by atoms with Gasteiger partial charge in [0.05, 0.1) is 6.61 Å². The van der Waals surface area contributed by atoms with E-state index in [1.807, 2.05) is 24.3 Å². The van der Waals surface area contributed by atoms with Gasteiger partial charge in [-0.05, 0) is 12.5 Å². The molecule has 0 atom stereocenters. The molecule has 0 fully saturated rings. The Morgan fingerprint density at radius 2 is 2.05 bits per heavy atom. The largest absolute Gasteiger partial charge is 0.493 e. The molecule has 0 saturated heterocycles. The highest BCUT2D eigenvalue weighted by Crippen LogP contribution is 2.17. The Bertz CT molecular complexity index is 586. The number of nitrogens with zero attached hydrogens (tertiary/aromatic N) is 2. The van der Waals surface area contributed by atoms with Crippen molar-refractivity contribution >= 4 is 0 Å². The highest BCUT2D eigenvalue weighted by Gasteiger charge is 2.02. The number of aryl methyl sites for hydroxylation is 2. The number of benzene rings is 1. The molecule has 1 aromatic heterocycles. The third-order valence-corrected chi connectivity index (χ3v) is 3.01. The second kappa shape index (κ2) is 6.24. The van der Waals surface area contributed by atoms with Gasteiger partial charge in [-0.25, -0.2) is 4.79 Å². The van der Waals surface area contributed by atoms with E-state index in [0.29, 0.717) is 19.7 Å². The third kappa shape index (κ3) is 3.26. The number of para-hydroxylation sites is 1. The standard InChI is InChI=1S/C14H19N3O2/c1-16-8-9-17(14(16)18)7-4-10-19-13-6-3-2-5-12(13)11-15/h2-3,5-6,8-9H,4,7,10-11,15H2,1H3. The average molecular weight is 261 g/mol. The van der Waals surface area contributed by atoms with Crippen LogP contribution >= 0.6 is 0 Å². The molecule has 0 aliphatic rings. The average Bonchev–Trinajstić information content (AvgIpc) is 2.76. The number of hydrogen-bond acceptors (Lipinski definition) is 3. The molecule has 0 saturated carbocycles. The molecule has 2 aromatic rings. The lowest BCUT2D eigenvalue weighted by atomic mass is 10.2. The van der Waals surface area contributed by atoms with Crippen LogP contribution in [0, 0.1) is 0 Å². The first-order valence-corrected chi connectivity index (χ1v) is 6.35. The second-order valence-electron chi connectivity index (χ2n) is 4.40. The quantitative estimate of drug-likeness (QED) is 0.792. The zero-order chi connectivity index (χ0) is 13.7. The topological polar surface area (TPSA) is 62.2 Å². The Hall–Kier alpha value is -2.01. The van der Waals surface area contributed by atoms with E-state index in [1.54, 1.807) is 28.6 Å². The predicted octanol–water partition coefficient (Wildman–Crippen LogP) is 1.11. The minimum absolute atomic E-state index is 0.00218. The Balaban J connectivity index is 1.84. The van der Waals surface area contributed by atoms with Gasteiger partial charge in [0, 0.05) is 38.1 Å². The first-order valence-electron chi connectivity index (χ1n) is 6.35. The summed E-state index contributed by atoms with van der Waals surface area (Å²) in [5.74, 6) is 0.824. The molecule has 1 heterocycles. The van der Waals surface area contributed by atoms with E-state index in [9.17, 15) is 4.79 Å². The van der Waals surface area contributed by atoms with Crippen LogP contribution < -0.4 is 16.2 Å². The smallest absolute Gasteiger partial charge is 0.327 e. The maximum atomic E-state index is 11.6. The van der Waals surface area contributed by atoms with Crippen molar-refractivity contribution in [3.63, 3.8) is 0 Å². The maximum Gasteiger partial charge on any atom is 0.327 e. The van der Waals surface area contributed by atoms with Crippen molar-refractivity contribution in [2.24, 2.45) is 12.8 Å². The van der Waals surface area contributed by atoms with Crippen LogP contribution in [0.25, 0.3) is 0 Å². The number of ether oxygens (including phenoxy) is 1. The molecule has 1 aromatic carbocycles. The van der Waals surface area contributed by atoms with Crippen LogP contribution in [0.2, 0.25) is 0 Å². The van der Waals surface area contributed by atoms with Gasteiger partial charge < -0.3 is 15.0 Å². The zero-order valence-corrected chi connectivity index (χ0v) is 11.1. The Kier molecular flexibility index (Phi) is 4.41. The van der Waals surface area contributed by atoms with Crippen LogP contribution in [0.3, 0.4) is 0 Å². The lowest BCUT2D eigenvalue weighted by Crippen LogP contribution is -2.22. The van der Waals surface area contributed by atoms with Crippen molar-refractivity contribution in [2.45, 2.75) is 19.5 Å². The van der Waals surface area contributed by atoms with E-state index in [0.717, 1.165) is 17.7 Å². The fourth-order valence-electron chi connectivity index (χ4n) is 1.91. The molecular weight excluding hydrogens is 242 g/mol. The fraction of sp³-hybridized carbons (Fsp3) is 0.357. The van der Waals surface area contributed by atoms with E-state index in [4.69, 9.17) is 10.5 Å². The van der Waals surface area contributed by atoms with Crippen molar-refractivity contribution in [3.05, 3.63) is 52.7 Å². The summed E-state index contributed by atoms with van der Waals surface area (Å²) in [6.07, 6.45) is 4.33. The van der Waals surface area contributed by atoms with Crippen LogP contribution in [-0.4, -0.2) is 15.7 Å². The number of nitrogens with two attached hydrogens (primary N) is 1. The predicted molar refractivity (Wildman–Crippen MR) is 74.1 cm³/mol. The molecular formula is C14H19N3O2. The van der Waals surface area contributed by atoms with Crippen molar-refractivity contribution < 1.29 is 4.74 Å². The van der Waals surface area contributed by atoms with Crippen LogP contribution in [0.1, 0.15) is 12.0 Å². The van der Waals surface area contributed by atoms with Crippen LogP contribution in [0.4, 0.5) is 0 Å². The van der Waals surface area contributed by atoms with Crippen LogP contribution in [-0.2, 0) is 20.1 Å². The molecule has 0 unspecified atom stereocenters. The molecule has 0 aliphatic carbocycles. The van der Waals surface area contributed by atoms with Gasteiger partial charge in [0.15, 0.2) is 0 Å². The minimum Gasteiger partial charge on any atom is -0.493 e. The number of imidazole rings is 1. The molecule has 5 nitrogen and oxygen atoms in total. The van der Waals surface area contributed by atoms with Gasteiger partial charge in [-0.3, -0.25) is 4.57 Å². The number of aromatic nitrogens is 2. The van der Waals surface area contributed by atoms with Gasteiger partial charge in [-0.15, -0.1) is 0 Å².